The van der Waals surface area contributed by atoms with E-state index in [1.807, 2.05) is 30.3 Å². The lowest BCUT2D eigenvalue weighted by molar-refractivity contribution is -0.143. The molecule has 2 aromatic carbocycles. The van der Waals surface area contributed by atoms with Gasteiger partial charge in [0.05, 0.1) is 21.3 Å². The van der Waals surface area contributed by atoms with Crippen LogP contribution in [0.25, 0.3) is 0 Å². The largest absolute Gasteiger partial charge is 0.497 e. The van der Waals surface area contributed by atoms with Crippen LogP contribution in [0.3, 0.4) is 0 Å². The number of hydrogen-bond donors (Lipinski definition) is 2. The van der Waals surface area contributed by atoms with Crippen molar-refractivity contribution in [2.75, 3.05) is 21.3 Å². The molecule has 0 aromatic heterocycles. The number of benzene rings is 2. The monoisotopic (exact) mass is 444 g/mol. The molecule has 0 spiro atoms. The number of amides is 2. The van der Waals surface area contributed by atoms with E-state index < -0.39 is 18.1 Å². The minimum Gasteiger partial charge on any atom is -0.497 e. The average molecular weight is 444 g/mol. The molecule has 0 aliphatic heterocycles. The predicted octanol–water partition coefficient (Wildman–Crippen LogP) is 2.57. The summed E-state index contributed by atoms with van der Waals surface area (Å²) in [5.74, 6) is 0.269. The molecule has 0 heterocycles. The van der Waals surface area contributed by atoms with E-state index in [1.54, 1.807) is 25.3 Å². The third-order valence-corrected chi connectivity index (χ3v) is 4.62. The van der Waals surface area contributed by atoms with Crippen molar-refractivity contribution in [2.24, 2.45) is 0 Å². The van der Waals surface area contributed by atoms with E-state index in [0.717, 1.165) is 11.1 Å². The summed E-state index contributed by atoms with van der Waals surface area (Å²) in [5.41, 5.74) is 1.58. The zero-order valence-electron chi connectivity index (χ0n) is 18.4. The number of esters is 1. The summed E-state index contributed by atoms with van der Waals surface area (Å²) in [5, 5.41) is 5.22. The number of ether oxygens (including phenoxy) is 4. The molecule has 2 N–H and O–H groups in total. The van der Waals surface area contributed by atoms with Crippen molar-refractivity contribution in [1.82, 2.24) is 10.6 Å². The van der Waals surface area contributed by atoms with Gasteiger partial charge in [-0.1, -0.05) is 30.3 Å². The highest BCUT2D eigenvalue weighted by atomic mass is 16.6. The Morgan fingerprint density at radius 3 is 2.38 bits per heavy atom. The SMILES string of the molecule is COC(=O)[C@H](CCC(=O)NCc1ccc(OC)cc1OC)NC(=O)OCc1ccccc1. The second-order valence-electron chi connectivity index (χ2n) is 6.77. The van der Waals surface area contributed by atoms with Crippen LogP contribution in [-0.4, -0.2) is 45.3 Å². The molecule has 0 saturated heterocycles. The number of hydrogen-bond acceptors (Lipinski definition) is 7. The minimum atomic E-state index is -1.01. The van der Waals surface area contributed by atoms with E-state index in [9.17, 15) is 14.4 Å². The van der Waals surface area contributed by atoms with Crippen molar-refractivity contribution < 1.29 is 33.3 Å². The number of carbonyl (C=O) groups excluding carboxylic acids is 3. The van der Waals surface area contributed by atoms with Crippen LogP contribution in [0.2, 0.25) is 0 Å². The molecule has 0 radical (unpaired) electrons. The van der Waals surface area contributed by atoms with Gasteiger partial charge in [0, 0.05) is 24.6 Å². The summed E-state index contributed by atoms with van der Waals surface area (Å²) in [6.45, 7) is 0.298. The van der Waals surface area contributed by atoms with Gasteiger partial charge < -0.3 is 29.6 Å². The number of carbonyl (C=O) groups is 3. The number of methoxy groups -OCH3 is 3. The van der Waals surface area contributed by atoms with Gasteiger partial charge in [-0.05, 0) is 24.1 Å². The molecule has 1 atom stereocenters. The second kappa shape index (κ2) is 12.8. The molecular weight excluding hydrogens is 416 g/mol. The Morgan fingerprint density at radius 1 is 0.969 bits per heavy atom. The molecule has 0 unspecified atom stereocenters. The van der Waals surface area contributed by atoms with E-state index in [-0.39, 0.29) is 31.9 Å². The summed E-state index contributed by atoms with van der Waals surface area (Å²) in [7, 11) is 4.30. The van der Waals surface area contributed by atoms with Gasteiger partial charge in [0.1, 0.15) is 24.1 Å². The van der Waals surface area contributed by atoms with Gasteiger partial charge in [-0.2, -0.15) is 0 Å². The lowest BCUT2D eigenvalue weighted by Crippen LogP contribution is -2.42. The van der Waals surface area contributed by atoms with E-state index in [1.165, 1.54) is 14.2 Å². The van der Waals surface area contributed by atoms with E-state index in [4.69, 9.17) is 18.9 Å². The quantitative estimate of drug-likeness (QED) is 0.512. The average Bonchev–Trinajstić information content (AvgIpc) is 2.83. The summed E-state index contributed by atoms with van der Waals surface area (Å²) >= 11 is 0. The Kier molecular flexibility index (Phi) is 9.83. The fourth-order valence-electron chi connectivity index (χ4n) is 2.85. The van der Waals surface area contributed by atoms with Gasteiger partial charge in [0.25, 0.3) is 0 Å². The molecule has 0 bridgehead atoms. The maximum Gasteiger partial charge on any atom is 0.408 e. The molecule has 0 aliphatic rings. The van der Waals surface area contributed by atoms with Crippen LogP contribution < -0.4 is 20.1 Å². The highest BCUT2D eigenvalue weighted by Gasteiger charge is 2.23. The molecule has 172 valence electrons. The Bertz CT molecular complexity index is 902. The van der Waals surface area contributed by atoms with Crippen LogP contribution in [0.5, 0.6) is 11.5 Å². The minimum absolute atomic E-state index is 0.00278. The Balaban J connectivity index is 1.83. The first-order valence-electron chi connectivity index (χ1n) is 9.99. The first-order valence-corrected chi connectivity index (χ1v) is 9.99. The molecule has 2 rings (SSSR count). The van der Waals surface area contributed by atoms with Crippen molar-refractivity contribution in [2.45, 2.75) is 32.0 Å². The summed E-state index contributed by atoms with van der Waals surface area (Å²) in [6.07, 6.45) is -0.719. The molecular formula is C23H28N2O7. The van der Waals surface area contributed by atoms with E-state index in [0.29, 0.717) is 11.5 Å². The molecule has 9 nitrogen and oxygen atoms in total. The summed E-state index contributed by atoms with van der Waals surface area (Å²) in [6, 6.07) is 13.4. The van der Waals surface area contributed by atoms with Crippen molar-refractivity contribution >= 4 is 18.0 Å². The molecule has 32 heavy (non-hydrogen) atoms. The van der Waals surface area contributed by atoms with Crippen LogP contribution >= 0.6 is 0 Å². The lowest BCUT2D eigenvalue weighted by Gasteiger charge is -2.16. The van der Waals surface area contributed by atoms with Gasteiger partial charge in [-0.3, -0.25) is 4.79 Å². The van der Waals surface area contributed by atoms with Gasteiger partial charge in [-0.25, -0.2) is 9.59 Å². The van der Waals surface area contributed by atoms with Crippen LogP contribution in [0.4, 0.5) is 4.79 Å². The third kappa shape index (κ3) is 7.82. The Hall–Kier alpha value is -3.75. The third-order valence-electron chi connectivity index (χ3n) is 4.62. The standard InChI is InChI=1S/C23H28N2O7/c1-29-18-10-9-17(20(13-18)30-2)14-24-21(26)12-11-19(22(27)31-3)25-23(28)32-15-16-7-5-4-6-8-16/h4-10,13,19H,11-12,14-15H2,1-3H3,(H,24,26)(H,25,28)/t19-/m0/s1. The van der Waals surface area contributed by atoms with Gasteiger partial charge in [0.2, 0.25) is 5.91 Å². The number of rotatable bonds is 11. The molecule has 0 saturated carbocycles. The lowest BCUT2D eigenvalue weighted by atomic mass is 10.1. The predicted molar refractivity (Wildman–Crippen MR) is 116 cm³/mol. The van der Waals surface area contributed by atoms with Crippen LogP contribution in [-0.2, 0) is 32.2 Å². The molecule has 0 aliphatic carbocycles. The zero-order valence-corrected chi connectivity index (χ0v) is 18.4. The van der Waals surface area contributed by atoms with Gasteiger partial charge >= 0.3 is 12.1 Å². The van der Waals surface area contributed by atoms with Crippen LogP contribution in [0.15, 0.2) is 48.5 Å². The summed E-state index contributed by atoms with van der Waals surface area (Å²) < 4.78 is 20.3. The first kappa shape index (κ1) is 24.5. The Labute approximate surface area is 187 Å². The zero-order chi connectivity index (χ0) is 23.3. The normalized spacial score (nSPS) is 11.1. The first-order chi connectivity index (χ1) is 15.5. The second-order valence-corrected chi connectivity index (χ2v) is 6.77. The smallest absolute Gasteiger partial charge is 0.408 e. The van der Waals surface area contributed by atoms with Crippen molar-refractivity contribution in [3.8, 4) is 11.5 Å². The maximum atomic E-state index is 12.3. The highest BCUT2D eigenvalue weighted by molar-refractivity contribution is 5.82. The molecule has 2 amide bonds. The molecule has 2 aromatic rings. The Morgan fingerprint density at radius 2 is 1.72 bits per heavy atom. The van der Waals surface area contributed by atoms with Crippen molar-refractivity contribution in [3.63, 3.8) is 0 Å². The maximum absolute atomic E-state index is 12.3. The van der Waals surface area contributed by atoms with Crippen LogP contribution in [0.1, 0.15) is 24.0 Å². The number of nitrogens with one attached hydrogen (secondary N) is 2. The molecule has 0 fully saturated rings. The summed E-state index contributed by atoms with van der Waals surface area (Å²) in [4.78, 5) is 36.3. The topological polar surface area (TPSA) is 112 Å². The van der Waals surface area contributed by atoms with Gasteiger partial charge in [0.15, 0.2) is 0 Å². The fraction of sp³-hybridized carbons (Fsp3) is 0.348. The molecule has 9 heteroatoms. The number of alkyl carbamates (subject to hydrolysis) is 1. The van der Waals surface area contributed by atoms with E-state index in [2.05, 4.69) is 10.6 Å². The fourth-order valence-corrected chi connectivity index (χ4v) is 2.85. The van der Waals surface area contributed by atoms with E-state index >= 15 is 0 Å². The van der Waals surface area contributed by atoms with Crippen LogP contribution in [0, 0.1) is 0 Å². The van der Waals surface area contributed by atoms with Crippen molar-refractivity contribution in [1.29, 1.82) is 0 Å². The highest BCUT2D eigenvalue weighted by Crippen LogP contribution is 2.24. The van der Waals surface area contributed by atoms with Crippen molar-refractivity contribution in [3.05, 3.63) is 59.7 Å². The van der Waals surface area contributed by atoms with Gasteiger partial charge in [-0.15, -0.1) is 0 Å².